The third kappa shape index (κ3) is 5.55. The van der Waals surface area contributed by atoms with Gasteiger partial charge in [-0.15, -0.1) is 6.42 Å². The lowest BCUT2D eigenvalue weighted by molar-refractivity contribution is 0.176. The van der Waals surface area contributed by atoms with Gasteiger partial charge in [0.1, 0.15) is 0 Å². The van der Waals surface area contributed by atoms with Crippen LogP contribution in [0, 0.1) is 12.3 Å². The number of benzene rings is 1. The Bertz CT molecular complexity index is 539. The van der Waals surface area contributed by atoms with Crippen LogP contribution in [0.1, 0.15) is 26.3 Å². The van der Waals surface area contributed by atoms with Gasteiger partial charge in [-0.25, -0.2) is 4.79 Å². The largest absolute Gasteiger partial charge is 0.436 e. The monoisotopic (exact) mass is 319 g/mol. The van der Waals surface area contributed by atoms with Crippen molar-refractivity contribution in [3.05, 3.63) is 29.8 Å². The van der Waals surface area contributed by atoms with E-state index in [1.54, 1.807) is 0 Å². The van der Waals surface area contributed by atoms with E-state index in [-0.39, 0.29) is 11.6 Å². The van der Waals surface area contributed by atoms with Crippen molar-refractivity contribution in [3.8, 4) is 12.3 Å². The molecule has 0 spiro atoms. The summed E-state index contributed by atoms with van der Waals surface area (Å²) in [6, 6.07) is 7.51. The summed E-state index contributed by atoms with van der Waals surface area (Å²) in [7, 11) is -1.75. The summed E-state index contributed by atoms with van der Waals surface area (Å²) in [4.78, 5) is 11.4. The maximum atomic E-state index is 11.4. The first-order valence-corrected chi connectivity index (χ1v) is 10.2. The van der Waals surface area contributed by atoms with Crippen LogP contribution < -0.4 is 5.32 Å². The van der Waals surface area contributed by atoms with E-state index in [9.17, 15) is 4.79 Å². The number of carbonyl (C=O) groups excluding carboxylic acids is 1. The fraction of sp³-hybridized carbons (Fsp3) is 0.471. The molecular formula is C17H25NO3Si. The second-order valence-corrected chi connectivity index (χ2v) is 11.5. The minimum absolute atomic E-state index is 0.0374. The third-order valence-electron chi connectivity index (χ3n) is 3.89. The second-order valence-electron chi connectivity index (χ2n) is 6.65. The highest BCUT2D eigenvalue weighted by atomic mass is 28.4. The van der Waals surface area contributed by atoms with Crippen molar-refractivity contribution in [2.45, 2.75) is 45.5 Å². The number of rotatable bonds is 5. The standard InChI is InChI=1S/C17H25NO3Si/c1-7-12-20-16(19)18-15-10-8-14(9-11-15)13-21-22(5,6)17(2,3)4/h1,8-11H,12-13H2,2-6H3,(H,18,19). The molecule has 0 heterocycles. The molecule has 1 aromatic carbocycles. The van der Waals surface area contributed by atoms with Crippen molar-refractivity contribution in [2.24, 2.45) is 0 Å². The van der Waals surface area contributed by atoms with Crippen LogP contribution in [-0.4, -0.2) is 21.0 Å². The maximum absolute atomic E-state index is 11.4. The van der Waals surface area contributed by atoms with E-state index in [4.69, 9.17) is 15.6 Å². The molecule has 0 aromatic heterocycles. The van der Waals surface area contributed by atoms with Crippen molar-refractivity contribution in [1.82, 2.24) is 0 Å². The van der Waals surface area contributed by atoms with Gasteiger partial charge in [0.2, 0.25) is 0 Å². The predicted octanol–water partition coefficient (Wildman–Crippen LogP) is 4.39. The molecule has 1 amide bonds. The highest BCUT2D eigenvalue weighted by molar-refractivity contribution is 6.74. The molecule has 0 atom stereocenters. The molecule has 0 bridgehead atoms. The van der Waals surface area contributed by atoms with E-state index in [0.717, 1.165) is 5.56 Å². The Morgan fingerprint density at radius 3 is 2.36 bits per heavy atom. The average molecular weight is 319 g/mol. The van der Waals surface area contributed by atoms with E-state index in [0.29, 0.717) is 12.3 Å². The van der Waals surface area contributed by atoms with Crippen LogP contribution in [0.15, 0.2) is 24.3 Å². The fourth-order valence-corrected chi connectivity index (χ4v) is 2.39. The predicted molar refractivity (Wildman–Crippen MR) is 92.2 cm³/mol. The first-order chi connectivity index (χ1) is 10.2. The van der Waals surface area contributed by atoms with Gasteiger partial charge < -0.3 is 9.16 Å². The topological polar surface area (TPSA) is 47.6 Å². The molecule has 0 saturated carbocycles. The van der Waals surface area contributed by atoms with Gasteiger partial charge >= 0.3 is 6.09 Å². The summed E-state index contributed by atoms with van der Waals surface area (Å²) in [5.74, 6) is 2.24. The summed E-state index contributed by atoms with van der Waals surface area (Å²) >= 11 is 0. The summed E-state index contributed by atoms with van der Waals surface area (Å²) in [6.07, 6.45) is 4.47. The minimum atomic E-state index is -1.75. The zero-order valence-electron chi connectivity index (χ0n) is 14.0. The van der Waals surface area contributed by atoms with Crippen molar-refractivity contribution < 1.29 is 14.0 Å². The SMILES string of the molecule is C#CCOC(=O)Nc1ccc(CO[Si](C)(C)C(C)(C)C)cc1. The molecule has 120 valence electrons. The van der Waals surface area contributed by atoms with Crippen LogP contribution >= 0.6 is 0 Å². The Morgan fingerprint density at radius 1 is 1.27 bits per heavy atom. The number of amides is 1. The molecule has 5 heteroatoms. The molecule has 22 heavy (non-hydrogen) atoms. The van der Waals surface area contributed by atoms with E-state index in [1.807, 2.05) is 24.3 Å². The lowest BCUT2D eigenvalue weighted by atomic mass is 10.2. The second kappa shape index (κ2) is 7.48. The molecule has 0 aliphatic heterocycles. The summed E-state index contributed by atoms with van der Waals surface area (Å²) in [6.45, 7) is 11.6. The van der Waals surface area contributed by atoms with Crippen LogP contribution in [0.3, 0.4) is 0 Å². The Labute approximate surface area is 134 Å². The van der Waals surface area contributed by atoms with Crippen molar-refractivity contribution in [3.63, 3.8) is 0 Å². The Morgan fingerprint density at radius 2 is 1.86 bits per heavy atom. The summed E-state index contributed by atoms with van der Waals surface area (Å²) in [5.41, 5.74) is 1.74. The Hall–Kier alpha value is -1.77. The van der Waals surface area contributed by atoms with Gasteiger partial charge in [-0.3, -0.25) is 5.32 Å². The number of hydrogen-bond donors (Lipinski definition) is 1. The molecule has 0 unspecified atom stereocenters. The number of nitrogens with one attached hydrogen (secondary N) is 1. The number of hydrogen-bond acceptors (Lipinski definition) is 3. The lowest BCUT2D eigenvalue weighted by Gasteiger charge is -2.36. The molecule has 1 N–H and O–H groups in total. The molecule has 0 aliphatic carbocycles. The van der Waals surface area contributed by atoms with Crippen LogP contribution in [0.25, 0.3) is 0 Å². The maximum Gasteiger partial charge on any atom is 0.412 e. The van der Waals surface area contributed by atoms with Gasteiger partial charge in [0.15, 0.2) is 14.9 Å². The first-order valence-electron chi connectivity index (χ1n) is 7.26. The number of ether oxygens (including phenoxy) is 1. The number of anilines is 1. The van der Waals surface area contributed by atoms with Crippen molar-refractivity contribution in [2.75, 3.05) is 11.9 Å². The van der Waals surface area contributed by atoms with Gasteiger partial charge in [0.05, 0.1) is 6.61 Å². The van der Waals surface area contributed by atoms with E-state index in [1.165, 1.54) is 0 Å². The summed E-state index contributed by atoms with van der Waals surface area (Å²) in [5, 5.41) is 2.80. The zero-order valence-corrected chi connectivity index (χ0v) is 15.0. The van der Waals surface area contributed by atoms with Crippen LogP contribution in [0.2, 0.25) is 18.1 Å². The smallest absolute Gasteiger partial charge is 0.412 e. The van der Waals surface area contributed by atoms with Gasteiger partial charge in [-0.2, -0.15) is 0 Å². The number of terminal acetylenes is 1. The van der Waals surface area contributed by atoms with Gasteiger partial charge in [-0.05, 0) is 35.8 Å². The zero-order chi connectivity index (χ0) is 16.8. The van der Waals surface area contributed by atoms with Gasteiger partial charge in [0, 0.05) is 5.69 Å². The fourth-order valence-electron chi connectivity index (χ4n) is 1.43. The quantitative estimate of drug-likeness (QED) is 0.647. The third-order valence-corrected chi connectivity index (χ3v) is 8.37. The molecule has 1 aromatic rings. The molecule has 0 aliphatic rings. The molecule has 4 nitrogen and oxygen atoms in total. The van der Waals surface area contributed by atoms with E-state index in [2.05, 4.69) is 45.1 Å². The van der Waals surface area contributed by atoms with E-state index < -0.39 is 14.4 Å². The molecular weight excluding hydrogens is 294 g/mol. The minimum Gasteiger partial charge on any atom is -0.436 e. The number of carbonyl (C=O) groups is 1. The van der Waals surface area contributed by atoms with Gasteiger partial charge in [0.25, 0.3) is 0 Å². The van der Waals surface area contributed by atoms with E-state index >= 15 is 0 Å². The van der Waals surface area contributed by atoms with Crippen molar-refractivity contribution >= 4 is 20.1 Å². The van der Waals surface area contributed by atoms with Crippen LogP contribution in [-0.2, 0) is 15.8 Å². The highest BCUT2D eigenvalue weighted by Gasteiger charge is 2.36. The molecule has 0 saturated heterocycles. The van der Waals surface area contributed by atoms with Crippen molar-refractivity contribution in [1.29, 1.82) is 0 Å². The average Bonchev–Trinajstić information content (AvgIpc) is 2.43. The van der Waals surface area contributed by atoms with Crippen LogP contribution in [0.5, 0.6) is 0 Å². The highest BCUT2D eigenvalue weighted by Crippen LogP contribution is 2.37. The molecule has 0 radical (unpaired) electrons. The molecule has 1 rings (SSSR count). The summed E-state index contributed by atoms with van der Waals surface area (Å²) < 4.78 is 10.9. The first kappa shape index (κ1) is 18.3. The molecule has 0 fully saturated rings. The Balaban J connectivity index is 2.56. The Kier molecular flexibility index (Phi) is 6.21. The lowest BCUT2D eigenvalue weighted by Crippen LogP contribution is -2.40. The van der Waals surface area contributed by atoms with Gasteiger partial charge in [-0.1, -0.05) is 38.8 Å². The normalized spacial score (nSPS) is 11.6. The van der Waals surface area contributed by atoms with Crippen LogP contribution in [0.4, 0.5) is 10.5 Å².